The van der Waals surface area contributed by atoms with Crippen molar-refractivity contribution in [2.24, 2.45) is 13.0 Å². The number of hydrogen-bond acceptors (Lipinski definition) is 5. The van der Waals surface area contributed by atoms with Gasteiger partial charge in [0.25, 0.3) is 0 Å². The quantitative estimate of drug-likeness (QED) is 0.386. The van der Waals surface area contributed by atoms with E-state index in [0.717, 1.165) is 54.5 Å². The third-order valence-electron chi connectivity index (χ3n) is 7.13. The molecular formula is C29H35N5O. The number of imidazole rings is 1. The molecule has 3 heterocycles. The number of aryl methyl sites for hydroxylation is 2. The molecule has 6 heteroatoms. The first-order valence-corrected chi connectivity index (χ1v) is 12.4. The molecule has 0 saturated carbocycles. The third kappa shape index (κ3) is 4.75. The first-order valence-electron chi connectivity index (χ1n) is 12.4. The fraction of sp³-hybridized carbons (Fsp3) is 0.414. The van der Waals surface area contributed by atoms with Crippen molar-refractivity contribution in [2.75, 3.05) is 25.1 Å². The van der Waals surface area contributed by atoms with E-state index in [1.165, 1.54) is 22.3 Å². The van der Waals surface area contributed by atoms with Crippen LogP contribution in [0.15, 0.2) is 48.8 Å². The van der Waals surface area contributed by atoms with Crippen molar-refractivity contribution < 1.29 is 4.74 Å². The predicted octanol–water partition coefficient (Wildman–Crippen LogP) is 5.25. The molecule has 0 atom stereocenters. The van der Waals surface area contributed by atoms with Crippen LogP contribution in [0.4, 0.5) is 5.95 Å². The van der Waals surface area contributed by atoms with Crippen molar-refractivity contribution >= 4 is 17.1 Å². The summed E-state index contributed by atoms with van der Waals surface area (Å²) in [6.07, 6.45) is 3.66. The average molecular weight is 470 g/mol. The number of ether oxygens (including phenoxy) is 1. The van der Waals surface area contributed by atoms with Gasteiger partial charge in [-0.1, -0.05) is 51.1 Å². The molecule has 35 heavy (non-hydrogen) atoms. The van der Waals surface area contributed by atoms with Crippen LogP contribution in [-0.4, -0.2) is 39.7 Å². The Morgan fingerprint density at radius 1 is 1.03 bits per heavy atom. The van der Waals surface area contributed by atoms with Gasteiger partial charge in [0.15, 0.2) is 5.65 Å². The van der Waals surface area contributed by atoms with Crippen LogP contribution in [-0.2, 0) is 25.3 Å². The smallest absolute Gasteiger partial charge is 0.227 e. The normalized spacial score (nSPS) is 14.4. The largest absolute Gasteiger partial charge is 0.497 e. The summed E-state index contributed by atoms with van der Waals surface area (Å²) in [7, 11) is 3.73. The number of hydrogen-bond donors (Lipinski definition) is 0. The molecule has 1 aliphatic rings. The molecule has 5 rings (SSSR count). The summed E-state index contributed by atoms with van der Waals surface area (Å²) >= 11 is 0. The standard InChI is InChI=1S/C29H35N5O/c1-19-7-10-23(29(2,3)4)14-22(19)15-25-26-27(30-18-33(26)5)32-28(31-25)34-16-21(17-34)13-20-8-11-24(35-6)12-9-20/h7-12,14,18,21H,13,15-17H2,1-6H3. The second-order valence-corrected chi connectivity index (χ2v) is 10.9. The molecule has 0 amide bonds. The molecule has 182 valence electrons. The SMILES string of the molecule is COc1ccc(CC2CN(c3nc(Cc4cc(C(C)(C)C)ccc4C)c4c(ncn4C)n3)C2)cc1. The summed E-state index contributed by atoms with van der Waals surface area (Å²) in [5.41, 5.74) is 8.22. The molecule has 0 unspecified atom stereocenters. The van der Waals surface area contributed by atoms with E-state index >= 15 is 0 Å². The second-order valence-electron chi connectivity index (χ2n) is 10.9. The summed E-state index contributed by atoms with van der Waals surface area (Å²) < 4.78 is 7.32. The highest BCUT2D eigenvalue weighted by molar-refractivity contribution is 5.75. The minimum absolute atomic E-state index is 0.109. The van der Waals surface area contributed by atoms with E-state index in [2.05, 4.69) is 67.9 Å². The van der Waals surface area contributed by atoms with E-state index in [1.807, 2.05) is 30.1 Å². The molecule has 1 aliphatic heterocycles. The van der Waals surface area contributed by atoms with E-state index < -0.39 is 0 Å². The third-order valence-corrected chi connectivity index (χ3v) is 7.13. The predicted molar refractivity (Wildman–Crippen MR) is 141 cm³/mol. The number of methoxy groups -OCH3 is 1. The second kappa shape index (κ2) is 8.99. The van der Waals surface area contributed by atoms with Crippen LogP contribution in [0.2, 0.25) is 0 Å². The van der Waals surface area contributed by atoms with Crippen molar-refractivity contribution in [3.63, 3.8) is 0 Å². The van der Waals surface area contributed by atoms with Crippen LogP contribution in [0.25, 0.3) is 11.2 Å². The molecule has 6 nitrogen and oxygen atoms in total. The fourth-order valence-corrected chi connectivity index (χ4v) is 4.86. The molecule has 1 fully saturated rings. The van der Waals surface area contributed by atoms with Crippen LogP contribution in [0, 0.1) is 12.8 Å². The highest BCUT2D eigenvalue weighted by Crippen LogP contribution is 2.30. The van der Waals surface area contributed by atoms with Gasteiger partial charge in [-0.3, -0.25) is 0 Å². The molecule has 0 aliphatic carbocycles. The minimum atomic E-state index is 0.109. The lowest BCUT2D eigenvalue weighted by atomic mass is 9.84. The summed E-state index contributed by atoms with van der Waals surface area (Å²) in [5.74, 6) is 2.29. The molecule has 0 spiro atoms. The van der Waals surface area contributed by atoms with Crippen molar-refractivity contribution in [1.82, 2.24) is 19.5 Å². The molecule has 0 N–H and O–H groups in total. The molecular weight excluding hydrogens is 434 g/mol. The van der Waals surface area contributed by atoms with Gasteiger partial charge >= 0.3 is 0 Å². The van der Waals surface area contributed by atoms with Gasteiger partial charge < -0.3 is 14.2 Å². The van der Waals surface area contributed by atoms with Crippen molar-refractivity contribution in [3.8, 4) is 5.75 Å². The van der Waals surface area contributed by atoms with E-state index in [0.29, 0.717) is 5.92 Å². The Kier molecular flexibility index (Phi) is 5.99. The van der Waals surface area contributed by atoms with Gasteiger partial charge in [0, 0.05) is 26.6 Å². The Labute approximate surface area is 208 Å². The Morgan fingerprint density at radius 2 is 1.77 bits per heavy atom. The number of benzene rings is 2. The van der Waals surface area contributed by atoms with Crippen molar-refractivity contribution in [1.29, 1.82) is 0 Å². The van der Waals surface area contributed by atoms with Gasteiger partial charge in [-0.05, 0) is 59.1 Å². The minimum Gasteiger partial charge on any atom is -0.497 e. The highest BCUT2D eigenvalue weighted by Gasteiger charge is 2.30. The molecule has 4 aromatic rings. The highest BCUT2D eigenvalue weighted by atomic mass is 16.5. The lowest BCUT2D eigenvalue weighted by Gasteiger charge is -2.39. The maximum atomic E-state index is 5.28. The van der Waals surface area contributed by atoms with Gasteiger partial charge in [-0.15, -0.1) is 0 Å². The lowest BCUT2D eigenvalue weighted by molar-refractivity contribution is 0.400. The average Bonchev–Trinajstić information content (AvgIpc) is 3.18. The maximum absolute atomic E-state index is 5.28. The molecule has 2 aromatic heterocycles. The molecule has 2 aromatic carbocycles. The lowest BCUT2D eigenvalue weighted by Crippen LogP contribution is -2.48. The van der Waals surface area contributed by atoms with Crippen LogP contribution in [0.3, 0.4) is 0 Å². The van der Waals surface area contributed by atoms with E-state index in [1.54, 1.807) is 7.11 Å². The van der Waals surface area contributed by atoms with Gasteiger partial charge in [0.2, 0.25) is 5.95 Å². The summed E-state index contributed by atoms with van der Waals surface area (Å²) in [5, 5.41) is 0. The van der Waals surface area contributed by atoms with Gasteiger partial charge in [-0.25, -0.2) is 9.97 Å². The molecule has 0 bridgehead atoms. The van der Waals surface area contributed by atoms with E-state index in [-0.39, 0.29) is 5.41 Å². The summed E-state index contributed by atoms with van der Waals surface area (Å²) in [6, 6.07) is 15.2. The topological polar surface area (TPSA) is 56.1 Å². The maximum Gasteiger partial charge on any atom is 0.227 e. The van der Waals surface area contributed by atoms with Gasteiger partial charge in [0.1, 0.15) is 11.3 Å². The van der Waals surface area contributed by atoms with E-state index in [4.69, 9.17) is 14.7 Å². The summed E-state index contributed by atoms with van der Waals surface area (Å²) in [4.78, 5) is 16.8. The Morgan fingerprint density at radius 3 is 2.46 bits per heavy atom. The van der Waals surface area contributed by atoms with Crippen molar-refractivity contribution in [3.05, 3.63) is 76.7 Å². The number of anilines is 1. The van der Waals surface area contributed by atoms with Crippen LogP contribution < -0.4 is 9.64 Å². The zero-order valence-corrected chi connectivity index (χ0v) is 21.7. The Balaban J connectivity index is 1.38. The first-order chi connectivity index (χ1) is 16.7. The van der Waals surface area contributed by atoms with E-state index in [9.17, 15) is 0 Å². The Hall–Kier alpha value is -3.41. The molecule has 0 radical (unpaired) electrons. The number of nitrogens with zero attached hydrogens (tertiary/aromatic N) is 5. The van der Waals surface area contributed by atoms with Crippen LogP contribution in [0.5, 0.6) is 5.75 Å². The number of rotatable bonds is 6. The first kappa shape index (κ1) is 23.3. The number of fused-ring (bicyclic) bond motifs is 1. The van der Waals surface area contributed by atoms with Gasteiger partial charge in [-0.2, -0.15) is 4.98 Å². The van der Waals surface area contributed by atoms with Crippen LogP contribution in [0.1, 0.15) is 48.7 Å². The fourth-order valence-electron chi connectivity index (χ4n) is 4.86. The summed E-state index contributed by atoms with van der Waals surface area (Å²) in [6.45, 7) is 10.9. The van der Waals surface area contributed by atoms with Crippen LogP contribution >= 0.6 is 0 Å². The zero-order chi connectivity index (χ0) is 24.7. The zero-order valence-electron chi connectivity index (χ0n) is 21.7. The monoisotopic (exact) mass is 469 g/mol. The number of aromatic nitrogens is 4. The van der Waals surface area contributed by atoms with Crippen molar-refractivity contribution in [2.45, 2.75) is 46.0 Å². The van der Waals surface area contributed by atoms with Gasteiger partial charge in [0.05, 0.1) is 19.1 Å². The Bertz CT molecular complexity index is 1340. The molecule has 1 saturated heterocycles.